The summed E-state index contributed by atoms with van der Waals surface area (Å²) in [5, 5.41) is 20.1. The summed E-state index contributed by atoms with van der Waals surface area (Å²) < 4.78 is 17.4. The Kier molecular flexibility index (Phi) is 3.80. The molecule has 2 N–H and O–H groups in total. The van der Waals surface area contributed by atoms with Gasteiger partial charge in [-0.15, -0.1) is 0 Å². The van der Waals surface area contributed by atoms with Crippen molar-refractivity contribution < 1.29 is 29.2 Å². The van der Waals surface area contributed by atoms with E-state index in [4.69, 9.17) is 14.2 Å². The lowest BCUT2D eigenvalue weighted by Crippen LogP contribution is -2.29. The van der Waals surface area contributed by atoms with Crippen LogP contribution in [-0.2, 0) is 0 Å². The zero-order chi connectivity index (χ0) is 19.3. The molecule has 2 aliphatic rings. The molecular weight excluding hydrogens is 348 g/mol. The first-order valence-electron chi connectivity index (χ1n) is 8.64. The van der Waals surface area contributed by atoms with Crippen molar-refractivity contribution >= 4 is 11.9 Å². The van der Waals surface area contributed by atoms with Crippen molar-refractivity contribution in [2.75, 3.05) is 7.11 Å². The monoisotopic (exact) mass is 368 g/mol. The maximum atomic E-state index is 12.8. The SMILES string of the molecule is COc1cc(O)ccc1[C@@H]1CC(=O)c2c(O)cc3c(c2O1)C=CC(C)(C)O3. The van der Waals surface area contributed by atoms with Crippen molar-refractivity contribution in [2.24, 2.45) is 0 Å². The summed E-state index contributed by atoms with van der Waals surface area (Å²) in [7, 11) is 1.49. The number of methoxy groups -OCH3 is 1. The number of carbonyl (C=O) groups excluding carboxylic acids is 1. The summed E-state index contributed by atoms with van der Waals surface area (Å²) in [5.74, 6) is 0.869. The van der Waals surface area contributed by atoms with Crippen LogP contribution in [0.3, 0.4) is 0 Å². The van der Waals surface area contributed by atoms with Crippen molar-refractivity contribution in [1.29, 1.82) is 0 Å². The van der Waals surface area contributed by atoms with Gasteiger partial charge in [-0.25, -0.2) is 0 Å². The second kappa shape index (κ2) is 5.94. The zero-order valence-corrected chi connectivity index (χ0v) is 15.3. The van der Waals surface area contributed by atoms with Crippen LogP contribution in [-0.4, -0.2) is 28.7 Å². The average Bonchev–Trinajstić information content (AvgIpc) is 2.59. The highest BCUT2D eigenvalue weighted by Gasteiger charge is 2.36. The Hall–Kier alpha value is -3.15. The molecule has 4 rings (SSSR count). The van der Waals surface area contributed by atoms with Gasteiger partial charge in [-0.05, 0) is 38.1 Å². The summed E-state index contributed by atoms with van der Waals surface area (Å²) in [4.78, 5) is 12.8. The van der Waals surface area contributed by atoms with Gasteiger partial charge in [-0.2, -0.15) is 0 Å². The molecule has 0 radical (unpaired) electrons. The molecule has 2 aromatic rings. The second-order valence-electron chi connectivity index (χ2n) is 7.21. The van der Waals surface area contributed by atoms with Crippen LogP contribution in [0.5, 0.6) is 28.7 Å². The summed E-state index contributed by atoms with van der Waals surface area (Å²) in [6, 6.07) is 6.12. The molecule has 2 aromatic carbocycles. The largest absolute Gasteiger partial charge is 0.508 e. The number of ether oxygens (including phenoxy) is 3. The molecular formula is C21H20O6. The van der Waals surface area contributed by atoms with Gasteiger partial charge in [-0.3, -0.25) is 4.79 Å². The fraction of sp³-hybridized carbons (Fsp3) is 0.286. The van der Waals surface area contributed by atoms with Crippen molar-refractivity contribution in [2.45, 2.75) is 32.0 Å². The van der Waals surface area contributed by atoms with E-state index in [1.54, 1.807) is 6.07 Å². The topological polar surface area (TPSA) is 85.2 Å². The molecule has 2 aliphatic heterocycles. The minimum Gasteiger partial charge on any atom is -0.508 e. The lowest BCUT2D eigenvalue weighted by Gasteiger charge is -2.33. The summed E-state index contributed by atoms with van der Waals surface area (Å²) in [6.07, 6.45) is 3.18. The summed E-state index contributed by atoms with van der Waals surface area (Å²) in [5.41, 5.74) is 0.910. The number of ketones is 1. The van der Waals surface area contributed by atoms with Crippen LogP contribution in [0.25, 0.3) is 6.08 Å². The minimum absolute atomic E-state index is 0.0521. The Bertz CT molecular complexity index is 973. The van der Waals surface area contributed by atoms with Crippen LogP contribution in [0.1, 0.15) is 47.9 Å². The zero-order valence-electron chi connectivity index (χ0n) is 15.3. The predicted octanol–water partition coefficient (Wildman–Crippen LogP) is 4.00. The van der Waals surface area contributed by atoms with E-state index in [0.717, 1.165) is 0 Å². The molecule has 6 heteroatoms. The van der Waals surface area contributed by atoms with Gasteiger partial charge in [0, 0.05) is 17.7 Å². The smallest absolute Gasteiger partial charge is 0.174 e. The molecule has 0 spiro atoms. The second-order valence-corrected chi connectivity index (χ2v) is 7.21. The number of aromatic hydroxyl groups is 2. The van der Waals surface area contributed by atoms with Crippen molar-refractivity contribution in [1.82, 2.24) is 0 Å². The molecule has 0 fully saturated rings. The number of carbonyl (C=O) groups is 1. The fourth-order valence-electron chi connectivity index (χ4n) is 3.47. The normalized spacial score (nSPS) is 19.5. The highest BCUT2D eigenvalue weighted by atomic mass is 16.5. The first-order chi connectivity index (χ1) is 12.8. The van der Waals surface area contributed by atoms with Crippen LogP contribution in [0.2, 0.25) is 0 Å². The number of phenols is 2. The van der Waals surface area contributed by atoms with Gasteiger partial charge < -0.3 is 24.4 Å². The Balaban J connectivity index is 1.83. The van der Waals surface area contributed by atoms with E-state index in [2.05, 4.69) is 0 Å². The molecule has 140 valence electrons. The number of benzene rings is 2. The Labute approximate surface area is 156 Å². The Morgan fingerprint density at radius 1 is 1.22 bits per heavy atom. The van der Waals surface area contributed by atoms with Crippen LogP contribution < -0.4 is 14.2 Å². The minimum atomic E-state index is -0.602. The molecule has 0 saturated heterocycles. The number of phenolic OH excluding ortho intramolecular Hbond substituents is 2. The number of Topliss-reactive ketones (excluding diaryl/α,β-unsaturated/α-hetero) is 1. The third-order valence-electron chi connectivity index (χ3n) is 4.76. The van der Waals surface area contributed by atoms with Crippen LogP contribution in [0, 0.1) is 0 Å². The highest BCUT2D eigenvalue weighted by Crippen LogP contribution is 2.49. The van der Waals surface area contributed by atoms with Gasteiger partial charge in [0.1, 0.15) is 46.0 Å². The van der Waals surface area contributed by atoms with Crippen molar-refractivity contribution in [3.05, 3.63) is 47.0 Å². The van der Waals surface area contributed by atoms with E-state index in [0.29, 0.717) is 28.4 Å². The maximum Gasteiger partial charge on any atom is 0.174 e. The lowest BCUT2D eigenvalue weighted by atomic mass is 9.91. The molecule has 0 amide bonds. The Morgan fingerprint density at radius 2 is 2.00 bits per heavy atom. The van der Waals surface area contributed by atoms with E-state index >= 15 is 0 Å². The quantitative estimate of drug-likeness (QED) is 0.833. The van der Waals surface area contributed by atoms with Gasteiger partial charge in [0.2, 0.25) is 0 Å². The Morgan fingerprint density at radius 3 is 2.74 bits per heavy atom. The van der Waals surface area contributed by atoms with E-state index in [1.165, 1.54) is 25.3 Å². The van der Waals surface area contributed by atoms with E-state index in [-0.39, 0.29) is 29.3 Å². The number of fused-ring (bicyclic) bond motifs is 3. The molecule has 27 heavy (non-hydrogen) atoms. The first-order valence-corrected chi connectivity index (χ1v) is 8.64. The molecule has 2 heterocycles. The average molecular weight is 368 g/mol. The maximum absolute atomic E-state index is 12.8. The fourth-order valence-corrected chi connectivity index (χ4v) is 3.47. The molecule has 0 aliphatic carbocycles. The number of hydrogen-bond donors (Lipinski definition) is 2. The first kappa shape index (κ1) is 17.3. The molecule has 6 nitrogen and oxygen atoms in total. The van der Waals surface area contributed by atoms with Crippen molar-refractivity contribution in [3.8, 4) is 28.7 Å². The van der Waals surface area contributed by atoms with Gasteiger partial charge >= 0.3 is 0 Å². The number of rotatable bonds is 2. The van der Waals surface area contributed by atoms with Gasteiger partial charge in [0.15, 0.2) is 5.78 Å². The third-order valence-corrected chi connectivity index (χ3v) is 4.76. The molecule has 0 saturated carbocycles. The van der Waals surface area contributed by atoms with E-state index < -0.39 is 11.7 Å². The summed E-state index contributed by atoms with van der Waals surface area (Å²) in [6.45, 7) is 3.80. The molecule has 0 unspecified atom stereocenters. The van der Waals surface area contributed by atoms with Gasteiger partial charge in [0.25, 0.3) is 0 Å². The third kappa shape index (κ3) is 2.87. The van der Waals surface area contributed by atoms with Gasteiger partial charge in [0.05, 0.1) is 19.1 Å². The highest BCUT2D eigenvalue weighted by molar-refractivity contribution is 6.04. The van der Waals surface area contributed by atoms with Crippen molar-refractivity contribution in [3.63, 3.8) is 0 Å². The standard InChI is InChI=1S/C21H20O6/c1-21(2)7-6-13-18(27-21)10-15(24)19-14(23)9-17(26-20(13)19)12-5-4-11(22)8-16(12)25-3/h4-8,10,17,22,24H,9H2,1-3H3/t17-/m0/s1. The predicted molar refractivity (Wildman–Crippen MR) is 98.8 cm³/mol. The van der Waals surface area contributed by atoms with Gasteiger partial charge in [-0.1, -0.05) is 0 Å². The summed E-state index contributed by atoms with van der Waals surface area (Å²) >= 11 is 0. The lowest BCUT2D eigenvalue weighted by molar-refractivity contribution is 0.0838. The molecule has 0 bridgehead atoms. The van der Waals surface area contributed by atoms with E-state index in [9.17, 15) is 15.0 Å². The van der Waals surface area contributed by atoms with Crippen LogP contribution >= 0.6 is 0 Å². The van der Waals surface area contributed by atoms with Crippen LogP contribution in [0.4, 0.5) is 0 Å². The van der Waals surface area contributed by atoms with Crippen LogP contribution in [0.15, 0.2) is 30.3 Å². The number of hydrogen-bond acceptors (Lipinski definition) is 6. The molecule has 1 atom stereocenters. The van der Waals surface area contributed by atoms with E-state index in [1.807, 2.05) is 26.0 Å². The molecule has 0 aromatic heterocycles.